The van der Waals surface area contributed by atoms with E-state index < -0.39 is 0 Å². The van der Waals surface area contributed by atoms with Crippen LogP contribution in [0.1, 0.15) is 21.5 Å². The van der Waals surface area contributed by atoms with E-state index in [4.69, 9.17) is 4.74 Å². The fourth-order valence-electron chi connectivity index (χ4n) is 1.32. The van der Waals surface area contributed by atoms with Gasteiger partial charge in [-0.1, -0.05) is 6.07 Å². The van der Waals surface area contributed by atoms with Gasteiger partial charge < -0.3 is 4.74 Å². The van der Waals surface area contributed by atoms with Crippen LogP contribution in [-0.2, 0) is 4.74 Å². The molecule has 0 heterocycles. The number of carbonyl (C=O) groups is 1. The van der Waals surface area contributed by atoms with Crippen LogP contribution < -0.4 is 0 Å². The van der Waals surface area contributed by atoms with Crippen molar-refractivity contribution in [3.63, 3.8) is 0 Å². The molecule has 0 aromatic heterocycles. The summed E-state index contributed by atoms with van der Waals surface area (Å²) in [5.41, 5.74) is 2.81. The van der Waals surface area contributed by atoms with Gasteiger partial charge in [0.15, 0.2) is 0 Å². The van der Waals surface area contributed by atoms with E-state index in [1.807, 2.05) is 32.2 Å². The van der Waals surface area contributed by atoms with Crippen LogP contribution in [-0.4, -0.2) is 19.3 Å². The lowest BCUT2D eigenvalue weighted by atomic mass is 10.0. The van der Waals surface area contributed by atoms with Crippen molar-refractivity contribution in [1.82, 2.24) is 0 Å². The molecule has 14 heavy (non-hydrogen) atoms. The molecule has 1 rings (SSSR count). The highest BCUT2D eigenvalue weighted by Gasteiger charge is 2.15. The summed E-state index contributed by atoms with van der Waals surface area (Å²) in [5, 5.41) is 0. The minimum absolute atomic E-state index is 0.254. The van der Waals surface area contributed by atoms with Crippen LogP contribution in [0, 0.1) is 13.8 Å². The molecule has 1 aromatic carbocycles. The number of methoxy groups -OCH3 is 1. The van der Waals surface area contributed by atoms with Crippen molar-refractivity contribution >= 4 is 17.7 Å². The molecule has 3 heteroatoms. The quantitative estimate of drug-likeness (QED) is 0.554. The highest BCUT2D eigenvalue weighted by atomic mass is 32.2. The van der Waals surface area contributed by atoms with Crippen LogP contribution in [0.15, 0.2) is 17.0 Å². The number of hydrogen-bond donors (Lipinski definition) is 0. The zero-order chi connectivity index (χ0) is 10.7. The van der Waals surface area contributed by atoms with Gasteiger partial charge in [-0.3, -0.25) is 0 Å². The van der Waals surface area contributed by atoms with Crippen molar-refractivity contribution in [3.8, 4) is 0 Å². The van der Waals surface area contributed by atoms with E-state index in [0.717, 1.165) is 16.0 Å². The van der Waals surface area contributed by atoms with Gasteiger partial charge >= 0.3 is 5.97 Å². The van der Waals surface area contributed by atoms with Crippen molar-refractivity contribution in [1.29, 1.82) is 0 Å². The van der Waals surface area contributed by atoms with Crippen LogP contribution >= 0.6 is 11.8 Å². The monoisotopic (exact) mass is 210 g/mol. The summed E-state index contributed by atoms with van der Waals surface area (Å²) in [6, 6.07) is 3.98. The zero-order valence-corrected chi connectivity index (χ0v) is 9.70. The first-order valence-electron chi connectivity index (χ1n) is 4.34. The maximum atomic E-state index is 11.5. The van der Waals surface area contributed by atoms with E-state index in [9.17, 15) is 4.79 Å². The Kier molecular flexibility index (Phi) is 3.58. The molecule has 0 aliphatic rings. The van der Waals surface area contributed by atoms with Gasteiger partial charge in [0.2, 0.25) is 0 Å². The van der Waals surface area contributed by atoms with Crippen LogP contribution in [0.4, 0.5) is 0 Å². The molecule has 0 unspecified atom stereocenters. The standard InChI is InChI=1S/C11H14O2S/c1-7-5-6-9(14-4)10(8(7)2)11(12)13-3/h5-6H,1-4H3. The van der Waals surface area contributed by atoms with Crippen molar-refractivity contribution < 1.29 is 9.53 Å². The van der Waals surface area contributed by atoms with E-state index in [1.54, 1.807) is 11.8 Å². The predicted octanol–water partition coefficient (Wildman–Crippen LogP) is 2.81. The molecular weight excluding hydrogens is 196 g/mol. The average molecular weight is 210 g/mol. The molecular formula is C11H14O2S. The Hall–Kier alpha value is -0.960. The smallest absolute Gasteiger partial charge is 0.339 e. The topological polar surface area (TPSA) is 26.3 Å². The van der Waals surface area contributed by atoms with Crippen molar-refractivity contribution in [2.24, 2.45) is 0 Å². The van der Waals surface area contributed by atoms with Gasteiger partial charge in [0.1, 0.15) is 0 Å². The number of ether oxygens (including phenoxy) is 1. The SMILES string of the molecule is COC(=O)c1c(SC)ccc(C)c1C. The van der Waals surface area contributed by atoms with Gasteiger partial charge in [-0.25, -0.2) is 4.79 Å². The number of benzene rings is 1. The van der Waals surface area contributed by atoms with Gasteiger partial charge in [-0.15, -0.1) is 11.8 Å². The van der Waals surface area contributed by atoms with E-state index >= 15 is 0 Å². The molecule has 0 fully saturated rings. The van der Waals surface area contributed by atoms with Crippen molar-refractivity contribution in [2.45, 2.75) is 18.7 Å². The second kappa shape index (κ2) is 4.51. The zero-order valence-electron chi connectivity index (χ0n) is 8.88. The van der Waals surface area contributed by atoms with Crippen LogP contribution in [0.25, 0.3) is 0 Å². The Bertz CT molecular complexity index is 359. The first-order chi connectivity index (χ1) is 6.61. The number of esters is 1. The summed E-state index contributed by atoms with van der Waals surface area (Å²) in [6.07, 6.45) is 1.95. The number of aryl methyl sites for hydroxylation is 1. The number of hydrogen-bond acceptors (Lipinski definition) is 3. The molecule has 0 bridgehead atoms. The maximum Gasteiger partial charge on any atom is 0.339 e. The van der Waals surface area contributed by atoms with Crippen molar-refractivity contribution in [2.75, 3.05) is 13.4 Å². The lowest BCUT2D eigenvalue weighted by Crippen LogP contribution is -2.06. The van der Waals surface area contributed by atoms with Gasteiger partial charge in [0.25, 0.3) is 0 Å². The Morgan fingerprint density at radius 1 is 1.36 bits per heavy atom. The molecule has 0 radical (unpaired) electrons. The highest BCUT2D eigenvalue weighted by molar-refractivity contribution is 7.98. The molecule has 0 amide bonds. The van der Waals surface area contributed by atoms with E-state index in [2.05, 4.69) is 0 Å². The second-order valence-corrected chi connectivity index (χ2v) is 3.92. The molecule has 0 aliphatic carbocycles. The Morgan fingerprint density at radius 3 is 2.50 bits per heavy atom. The number of carbonyl (C=O) groups excluding carboxylic acids is 1. The summed E-state index contributed by atoms with van der Waals surface area (Å²) < 4.78 is 4.76. The summed E-state index contributed by atoms with van der Waals surface area (Å²) in [5.74, 6) is -0.254. The van der Waals surface area contributed by atoms with Crippen LogP contribution in [0.3, 0.4) is 0 Å². The largest absolute Gasteiger partial charge is 0.465 e. The normalized spacial score (nSPS) is 10.0. The van der Waals surface area contributed by atoms with Gasteiger partial charge in [0.05, 0.1) is 12.7 Å². The lowest BCUT2D eigenvalue weighted by molar-refractivity contribution is 0.0596. The highest BCUT2D eigenvalue weighted by Crippen LogP contribution is 2.26. The molecule has 0 aliphatic heterocycles. The summed E-state index contributed by atoms with van der Waals surface area (Å²) in [6.45, 7) is 3.94. The molecule has 0 saturated heterocycles. The Labute approximate surface area is 88.7 Å². The fraction of sp³-hybridized carbons (Fsp3) is 0.364. The average Bonchev–Trinajstić information content (AvgIpc) is 2.20. The third kappa shape index (κ3) is 1.93. The van der Waals surface area contributed by atoms with Crippen molar-refractivity contribution in [3.05, 3.63) is 28.8 Å². The van der Waals surface area contributed by atoms with Gasteiger partial charge in [-0.2, -0.15) is 0 Å². The predicted molar refractivity (Wildman–Crippen MR) is 59.0 cm³/mol. The number of thioether (sulfide) groups is 1. The fourth-order valence-corrected chi connectivity index (χ4v) is 1.96. The second-order valence-electron chi connectivity index (χ2n) is 3.08. The first kappa shape index (κ1) is 11.1. The van der Waals surface area contributed by atoms with Gasteiger partial charge in [-0.05, 0) is 37.3 Å². The van der Waals surface area contributed by atoms with E-state index in [0.29, 0.717) is 5.56 Å². The summed E-state index contributed by atoms with van der Waals surface area (Å²) >= 11 is 1.56. The van der Waals surface area contributed by atoms with Crippen LogP contribution in [0.5, 0.6) is 0 Å². The minimum Gasteiger partial charge on any atom is -0.465 e. The molecule has 0 spiro atoms. The lowest BCUT2D eigenvalue weighted by Gasteiger charge is -2.10. The summed E-state index contributed by atoms with van der Waals surface area (Å²) in [4.78, 5) is 12.5. The molecule has 2 nitrogen and oxygen atoms in total. The third-order valence-corrected chi connectivity index (χ3v) is 3.09. The minimum atomic E-state index is -0.254. The molecule has 0 atom stereocenters. The molecule has 0 saturated carbocycles. The Balaban J connectivity index is 3.35. The maximum absolute atomic E-state index is 11.5. The third-order valence-electron chi connectivity index (χ3n) is 2.31. The van der Waals surface area contributed by atoms with E-state index in [1.165, 1.54) is 7.11 Å². The van der Waals surface area contributed by atoms with Gasteiger partial charge in [0, 0.05) is 4.90 Å². The molecule has 76 valence electrons. The van der Waals surface area contributed by atoms with E-state index in [-0.39, 0.29) is 5.97 Å². The van der Waals surface area contributed by atoms with Crippen LogP contribution in [0.2, 0.25) is 0 Å². The Morgan fingerprint density at radius 2 is 2.00 bits per heavy atom. The summed E-state index contributed by atoms with van der Waals surface area (Å²) in [7, 11) is 1.41. The molecule has 0 N–H and O–H groups in total. The first-order valence-corrected chi connectivity index (χ1v) is 5.56. The molecule has 1 aromatic rings. The number of rotatable bonds is 2.